The number of piperazine rings is 1. The predicted molar refractivity (Wildman–Crippen MR) is 128 cm³/mol. The molecule has 2 N–H and O–H groups in total. The number of hydrogen-bond acceptors (Lipinski definition) is 5. The van der Waals surface area contributed by atoms with Crippen LogP contribution in [0.25, 0.3) is 0 Å². The topological polar surface area (TPSA) is 59.0 Å². The first kappa shape index (κ1) is 24.1. The molecule has 0 spiro atoms. The van der Waals surface area contributed by atoms with E-state index >= 15 is 0 Å². The summed E-state index contributed by atoms with van der Waals surface area (Å²) in [7, 11) is 1.80. The van der Waals surface area contributed by atoms with Crippen molar-refractivity contribution in [1.82, 2.24) is 25.4 Å². The summed E-state index contributed by atoms with van der Waals surface area (Å²) < 4.78 is 14.0. The van der Waals surface area contributed by atoms with Gasteiger partial charge in [0.2, 0.25) is 0 Å². The summed E-state index contributed by atoms with van der Waals surface area (Å²) in [4.78, 5) is 15.6. The minimum atomic E-state index is -0.261. The SMILES string of the molecule is CCN1CCN(C(C)CNC(=NC)NC2CCN(c3ncccc3F)C2)CC1.I. The Bertz CT molecular complexity index is 651. The number of nitrogens with zero attached hydrogens (tertiary/aromatic N) is 5. The highest BCUT2D eigenvalue weighted by atomic mass is 127. The first-order valence-electron chi connectivity index (χ1n) is 10.4. The van der Waals surface area contributed by atoms with E-state index in [1.165, 1.54) is 6.07 Å². The molecule has 0 aromatic carbocycles. The van der Waals surface area contributed by atoms with Crippen molar-refractivity contribution in [1.29, 1.82) is 0 Å². The molecule has 3 rings (SSSR count). The van der Waals surface area contributed by atoms with Crippen LogP contribution in [0, 0.1) is 5.82 Å². The van der Waals surface area contributed by atoms with Gasteiger partial charge in [-0.25, -0.2) is 9.37 Å². The van der Waals surface area contributed by atoms with Gasteiger partial charge in [-0.1, -0.05) is 6.92 Å². The normalized spacial score (nSPS) is 22.3. The molecule has 2 fully saturated rings. The van der Waals surface area contributed by atoms with Crippen LogP contribution in [0.15, 0.2) is 23.3 Å². The van der Waals surface area contributed by atoms with Crippen LogP contribution in [0.2, 0.25) is 0 Å². The zero-order valence-corrected chi connectivity index (χ0v) is 20.1. The van der Waals surface area contributed by atoms with Crippen molar-refractivity contribution >= 4 is 35.8 Å². The number of likely N-dealkylation sites (N-methyl/N-ethyl adjacent to an activating group) is 1. The fraction of sp³-hybridized carbons (Fsp3) is 0.700. The van der Waals surface area contributed by atoms with Crippen LogP contribution in [0.5, 0.6) is 0 Å². The lowest BCUT2D eigenvalue weighted by Crippen LogP contribution is -2.53. The van der Waals surface area contributed by atoms with Crippen LogP contribution in [-0.4, -0.2) is 92.2 Å². The number of anilines is 1. The van der Waals surface area contributed by atoms with Gasteiger partial charge in [0, 0.05) is 71.1 Å². The largest absolute Gasteiger partial charge is 0.355 e. The van der Waals surface area contributed by atoms with Gasteiger partial charge in [0.05, 0.1) is 0 Å². The summed E-state index contributed by atoms with van der Waals surface area (Å²) in [5.41, 5.74) is 0. The van der Waals surface area contributed by atoms with E-state index in [9.17, 15) is 4.39 Å². The molecule has 2 aliphatic heterocycles. The Morgan fingerprint density at radius 1 is 1.31 bits per heavy atom. The molecule has 164 valence electrons. The lowest BCUT2D eigenvalue weighted by atomic mass is 10.2. The van der Waals surface area contributed by atoms with Gasteiger partial charge >= 0.3 is 0 Å². The second-order valence-electron chi connectivity index (χ2n) is 7.66. The Morgan fingerprint density at radius 3 is 2.72 bits per heavy atom. The third-order valence-corrected chi connectivity index (χ3v) is 5.83. The molecule has 0 radical (unpaired) electrons. The van der Waals surface area contributed by atoms with Crippen molar-refractivity contribution in [3.63, 3.8) is 0 Å². The Balaban J connectivity index is 0.00000300. The molecule has 0 bridgehead atoms. The van der Waals surface area contributed by atoms with Gasteiger partial charge < -0.3 is 20.4 Å². The molecule has 1 aromatic rings. The maximum Gasteiger partial charge on any atom is 0.191 e. The summed E-state index contributed by atoms with van der Waals surface area (Å²) in [6, 6.07) is 3.78. The predicted octanol–water partition coefficient (Wildman–Crippen LogP) is 1.61. The Labute approximate surface area is 191 Å². The van der Waals surface area contributed by atoms with E-state index in [4.69, 9.17) is 0 Å². The first-order chi connectivity index (χ1) is 13.6. The van der Waals surface area contributed by atoms with Gasteiger partial charge in [0.15, 0.2) is 17.6 Å². The second-order valence-corrected chi connectivity index (χ2v) is 7.66. The van der Waals surface area contributed by atoms with Gasteiger partial charge in [-0.3, -0.25) is 9.89 Å². The highest BCUT2D eigenvalue weighted by Gasteiger charge is 2.26. The highest BCUT2D eigenvalue weighted by Crippen LogP contribution is 2.20. The van der Waals surface area contributed by atoms with Gasteiger partial charge in [-0.05, 0) is 32.0 Å². The molecule has 2 aliphatic rings. The standard InChI is InChI=1S/C20H34FN7.HI/c1-4-26-10-12-27(13-11-26)16(2)14-24-20(22-3)25-17-7-9-28(15-17)19-18(21)6-5-8-23-19;/h5-6,8,16-17H,4,7,9-15H2,1-3H3,(H2,22,24,25);1H. The van der Waals surface area contributed by atoms with Gasteiger partial charge in [0.1, 0.15) is 0 Å². The summed E-state index contributed by atoms with van der Waals surface area (Å²) in [6.07, 6.45) is 2.58. The molecule has 2 saturated heterocycles. The van der Waals surface area contributed by atoms with Crippen LogP contribution >= 0.6 is 24.0 Å². The average molecular weight is 519 g/mol. The van der Waals surface area contributed by atoms with E-state index in [1.54, 1.807) is 19.3 Å². The maximum absolute atomic E-state index is 14.0. The molecule has 1 aromatic heterocycles. The van der Waals surface area contributed by atoms with E-state index in [0.717, 1.165) is 64.7 Å². The van der Waals surface area contributed by atoms with Crippen LogP contribution in [0.1, 0.15) is 20.3 Å². The van der Waals surface area contributed by atoms with E-state index < -0.39 is 0 Å². The molecule has 7 nitrogen and oxygen atoms in total. The molecule has 0 aliphatic carbocycles. The van der Waals surface area contributed by atoms with Gasteiger partial charge in [-0.2, -0.15) is 0 Å². The van der Waals surface area contributed by atoms with E-state index in [1.807, 2.05) is 4.90 Å². The molecule has 0 amide bonds. The van der Waals surface area contributed by atoms with Crippen molar-refractivity contribution in [2.24, 2.45) is 4.99 Å². The van der Waals surface area contributed by atoms with Gasteiger partial charge in [0.25, 0.3) is 0 Å². The Kier molecular flexibility index (Phi) is 9.84. The van der Waals surface area contributed by atoms with Crippen molar-refractivity contribution in [3.8, 4) is 0 Å². The maximum atomic E-state index is 14.0. The molecule has 29 heavy (non-hydrogen) atoms. The average Bonchev–Trinajstić information content (AvgIpc) is 3.19. The highest BCUT2D eigenvalue weighted by molar-refractivity contribution is 14.0. The molecule has 9 heteroatoms. The molecule has 2 unspecified atom stereocenters. The minimum Gasteiger partial charge on any atom is -0.355 e. The number of hydrogen-bond donors (Lipinski definition) is 2. The second kappa shape index (κ2) is 11.8. The Morgan fingerprint density at radius 2 is 2.07 bits per heavy atom. The van der Waals surface area contributed by atoms with E-state index in [0.29, 0.717) is 11.9 Å². The molecular weight excluding hydrogens is 484 g/mol. The fourth-order valence-corrected chi connectivity index (χ4v) is 3.96. The summed E-state index contributed by atoms with van der Waals surface area (Å²) in [5.74, 6) is 0.990. The van der Waals surface area contributed by atoms with Crippen molar-refractivity contribution < 1.29 is 4.39 Å². The van der Waals surface area contributed by atoms with E-state index in [-0.39, 0.29) is 35.8 Å². The number of pyridine rings is 1. The third kappa shape index (κ3) is 6.65. The lowest BCUT2D eigenvalue weighted by molar-refractivity contribution is 0.107. The fourth-order valence-electron chi connectivity index (χ4n) is 3.96. The summed E-state index contributed by atoms with van der Waals surface area (Å²) in [5, 5.41) is 6.94. The molecular formula is C20H35FIN7. The number of guanidine groups is 1. The Hall–Kier alpha value is -1.20. The quantitative estimate of drug-likeness (QED) is 0.339. The lowest BCUT2D eigenvalue weighted by Gasteiger charge is -2.37. The monoisotopic (exact) mass is 519 g/mol. The number of aliphatic imine (C=N–C) groups is 1. The number of nitrogens with one attached hydrogen (secondary N) is 2. The zero-order valence-electron chi connectivity index (χ0n) is 17.8. The smallest absolute Gasteiger partial charge is 0.191 e. The van der Waals surface area contributed by atoms with Crippen molar-refractivity contribution in [2.75, 3.05) is 64.3 Å². The number of aromatic nitrogens is 1. The summed E-state index contributed by atoms with van der Waals surface area (Å²) in [6.45, 7) is 12.5. The van der Waals surface area contributed by atoms with Crippen molar-refractivity contribution in [2.45, 2.75) is 32.4 Å². The molecule has 3 heterocycles. The van der Waals surface area contributed by atoms with Crippen LogP contribution < -0.4 is 15.5 Å². The minimum absolute atomic E-state index is 0. The number of halogens is 2. The first-order valence-corrected chi connectivity index (χ1v) is 10.4. The van der Waals surface area contributed by atoms with Gasteiger partial charge in [-0.15, -0.1) is 24.0 Å². The molecule has 0 saturated carbocycles. The number of rotatable bonds is 6. The molecule has 2 atom stereocenters. The van der Waals surface area contributed by atoms with Crippen molar-refractivity contribution in [3.05, 3.63) is 24.1 Å². The van der Waals surface area contributed by atoms with Crippen LogP contribution in [-0.2, 0) is 0 Å². The van der Waals surface area contributed by atoms with Crippen LogP contribution in [0.4, 0.5) is 10.2 Å². The van der Waals surface area contributed by atoms with Crippen LogP contribution in [0.3, 0.4) is 0 Å². The van der Waals surface area contributed by atoms with E-state index in [2.05, 4.69) is 44.3 Å². The summed E-state index contributed by atoms with van der Waals surface area (Å²) >= 11 is 0. The third-order valence-electron chi connectivity index (χ3n) is 5.83. The zero-order chi connectivity index (χ0) is 19.9.